The smallest absolute Gasteiger partial charge is 0.213 e. The van der Waals surface area contributed by atoms with Crippen molar-refractivity contribution in [3.63, 3.8) is 0 Å². The summed E-state index contributed by atoms with van der Waals surface area (Å²) in [6.45, 7) is 0. The largest absolute Gasteiger partial charge is 0.507 e. The second-order valence-corrected chi connectivity index (χ2v) is 3.67. The van der Waals surface area contributed by atoms with Crippen molar-refractivity contribution < 1.29 is 9.84 Å². The molecule has 2 aromatic rings. The molecule has 0 aliphatic rings. The van der Waals surface area contributed by atoms with Gasteiger partial charge < -0.3 is 9.84 Å². The van der Waals surface area contributed by atoms with Crippen molar-refractivity contribution in [3.05, 3.63) is 28.7 Å². The van der Waals surface area contributed by atoms with Gasteiger partial charge in [-0.15, -0.1) is 0 Å². The number of halogens is 1. The van der Waals surface area contributed by atoms with Crippen LogP contribution in [0.25, 0.3) is 10.9 Å². The number of aromatic nitrogens is 1. The van der Waals surface area contributed by atoms with Gasteiger partial charge in [-0.1, -0.05) is 0 Å². The highest BCUT2D eigenvalue weighted by Crippen LogP contribution is 2.30. The van der Waals surface area contributed by atoms with Gasteiger partial charge in [0.2, 0.25) is 5.88 Å². The minimum absolute atomic E-state index is 0.221. The summed E-state index contributed by atoms with van der Waals surface area (Å²) in [5.74, 6) is 0.752. The van der Waals surface area contributed by atoms with Gasteiger partial charge in [0.25, 0.3) is 0 Å². The monoisotopic (exact) mass is 253 g/mol. The van der Waals surface area contributed by atoms with Gasteiger partial charge in [-0.3, -0.25) is 0 Å². The van der Waals surface area contributed by atoms with Gasteiger partial charge in [-0.2, -0.15) is 0 Å². The molecule has 4 heteroatoms. The average molecular weight is 254 g/mol. The molecule has 0 spiro atoms. The van der Waals surface area contributed by atoms with Gasteiger partial charge in [0, 0.05) is 15.9 Å². The molecule has 14 heavy (non-hydrogen) atoms. The van der Waals surface area contributed by atoms with E-state index in [0.717, 1.165) is 4.47 Å². The third-order valence-electron chi connectivity index (χ3n) is 1.97. The molecule has 0 saturated heterocycles. The zero-order valence-corrected chi connectivity index (χ0v) is 9.08. The number of benzene rings is 1. The molecule has 0 aliphatic carbocycles. The zero-order valence-electron chi connectivity index (χ0n) is 7.49. The lowest BCUT2D eigenvalue weighted by molar-refractivity contribution is 0.399. The summed E-state index contributed by atoms with van der Waals surface area (Å²) >= 11 is 3.37. The number of pyridine rings is 1. The lowest BCUT2D eigenvalue weighted by Gasteiger charge is -2.04. The van der Waals surface area contributed by atoms with Crippen LogP contribution in [0.15, 0.2) is 28.7 Å². The van der Waals surface area contributed by atoms with Crippen LogP contribution in [-0.2, 0) is 0 Å². The van der Waals surface area contributed by atoms with Crippen LogP contribution in [0.1, 0.15) is 0 Å². The molecule has 1 N–H and O–H groups in total. The minimum atomic E-state index is 0.221. The fourth-order valence-electron chi connectivity index (χ4n) is 1.26. The summed E-state index contributed by atoms with van der Waals surface area (Å²) in [5, 5.41) is 10.3. The summed E-state index contributed by atoms with van der Waals surface area (Å²) in [5.41, 5.74) is 0.698. The SMILES string of the molecule is COc1ccc2c(O)ccc(Br)c2n1. The number of hydrogen-bond donors (Lipinski definition) is 1. The molecule has 0 amide bonds. The van der Waals surface area contributed by atoms with Crippen molar-refractivity contribution in [2.75, 3.05) is 7.11 Å². The van der Waals surface area contributed by atoms with Gasteiger partial charge in [0.1, 0.15) is 5.75 Å². The Kier molecular flexibility index (Phi) is 2.29. The predicted molar refractivity (Wildman–Crippen MR) is 57.7 cm³/mol. The highest BCUT2D eigenvalue weighted by molar-refractivity contribution is 9.10. The normalized spacial score (nSPS) is 10.4. The molecule has 0 radical (unpaired) electrons. The summed E-state index contributed by atoms with van der Waals surface area (Å²) < 4.78 is 5.84. The van der Waals surface area contributed by atoms with Crippen molar-refractivity contribution in [1.82, 2.24) is 4.98 Å². The van der Waals surface area contributed by atoms with E-state index in [0.29, 0.717) is 16.8 Å². The van der Waals surface area contributed by atoms with Crippen LogP contribution in [0.4, 0.5) is 0 Å². The van der Waals surface area contributed by atoms with E-state index in [1.54, 1.807) is 31.4 Å². The van der Waals surface area contributed by atoms with Crippen LogP contribution in [0.2, 0.25) is 0 Å². The number of methoxy groups -OCH3 is 1. The number of phenolic OH excluding ortho intramolecular Hbond substituents is 1. The first-order valence-corrected chi connectivity index (χ1v) is 4.84. The van der Waals surface area contributed by atoms with E-state index >= 15 is 0 Å². The molecule has 1 heterocycles. The van der Waals surface area contributed by atoms with E-state index in [-0.39, 0.29) is 5.75 Å². The standard InChI is InChI=1S/C10H8BrNO2/c1-14-9-5-2-6-8(13)4-3-7(11)10(6)12-9/h2-5,13H,1H3. The summed E-state index contributed by atoms with van der Waals surface area (Å²) in [6, 6.07) is 6.88. The maximum Gasteiger partial charge on any atom is 0.213 e. The third-order valence-corrected chi connectivity index (χ3v) is 2.61. The predicted octanol–water partition coefficient (Wildman–Crippen LogP) is 2.71. The highest BCUT2D eigenvalue weighted by Gasteiger charge is 2.05. The van der Waals surface area contributed by atoms with E-state index in [4.69, 9.17) is 4.74 Å². The van der Waals surface area contributed by atoms with Gasteiger partial charge in [0.05, 0.1) is 12.6 Å². The van der Waals surface area contributed by atoms with Gasteiger partial charge in [0.15, 0.2) is 0 Å². The van der Waals surface area contributed by atoms with Crippen LogP contribution < -0.4 is 4.74 Å². The van der Waals surface area contributed by atoms with E-state index in [1.165, 1.54) is 0 Å². The van der Waals surface area contributed by atoms with Crippen LogP contribution >= 0.6 is 15.9 Å². The van der Waals surface area contributed by atoms with Crippen molar-refractivity contribution in [3.8, 4) is 11.6 Å². The molecule has 0 unspecified atom stereocenters. The van der Waals surface area contributed by atoms with Crippen LogP contribution in [-0.4, -0.2) is 17.2 Å². The number of phenols is 1. The Balaban J connectivity index is 2.80. The molecule has 3 nitrogen and oxygen atoms in total. The molecular weight excluding hydrogens is 246 g/mol. The molecule has 0 bridgehead atoms. The maximum atomic E-state index is 9.56. The summed E-state index contributed by atoms with van der Waals surface area (Å²) in [7, 11) is 1.56. The summed E-state index contributed by atoms with van der Waals surface area (Å²) in [6.07, 6.45) is 0. The molecule has 2 rings (SSSR count). The number of rotatable bonds is 1. The first-order valence-electron chi connectivity index (χ1n) is 4.04. The number of aromatic hydroxyl groups is 1. The van der Waals surface area contributed by atoms with Crippen molar-refractivity contribution in [2.45, 2.75) is 0 Å². The Morgan fingerprint density at radius 3 is 2.79 bits per heavy atom. The van der Waals surface area contributed by atoms with Gasteiger partial charge >= 0.3 is 0 Å². The molecular formula is C10H8BrNO2. The van der Waals surface area contributed by atoms with Gasteiger partial charge in [-0.25, -0.2) is 4.98 Å². The Bertz CT molecular complexity index is 485. The Morgan fingerprint density at radius 2 is 2.07 bits per heavy atom. The fourth-order valence-corrected chi connectivity index (χ4v) is 1.70. The molecule has 0 saturated carbocycles. The molecule has 72 valence electrons. The van der Waals surface area contributed by atoms with Crippen molar-refractivity contribution >= 4 is 26.8 Å². The number of nitrogens with zero attached hydrogens (tertiary/aromatic N) is 1. The zero-order chi connectivity index (χ0) is 10.1. The second-order valence-electron chi connectivity index (χ2n) is 2.82. The first kappa shape index (κ1) is 9.27. The van der Waals surface area contributed by atoms with Crippen LogP contribution in [0, 0.1) is 0 Å². The van der Waals surface area contributed by atoms with Crippen LogP contribution in [0.5, 0.6) is 11.6 Å². The Morgan fingerprint density at radius 1 is 1.29 bits per heavy atom. The summed E-state index contributed by atoms with van der Waals surface area (Å²) in [4.78, 5) is 4.22. The lowest BCUT2D eigenvalue weighted by atomic mass is 10.2. The average Bonchev–Trinajstić information content (AvgIpc) is 2.23. The Labute approximate surface area is 89.5 Å². The number of fused-ring (bicyclic) bond motifs is 1. The van der Waals surface area contributed by atoms with Gasteiger partial charge in [-0.05, 0) is 34.1 Å². The first-order chi connectivity index (χ1) is 6.72. The lowest BCUT2D eigenvalue weighted by Crippen LogP contribution is -1.88. The van der Waals surface area contributed by atoms with Crippen molar-refractivity contribution in [2.24, 2.45) is 0 Å². The highest BCUT2D eigenvalue weighted by atomic mass is 79.9. The van der Waals surface area contributed by atoms with E-state index < -0.39 is 0 Å². The molecule has 0 fully saturated rings. The fraction of sp³-hybridized carbons (Fsp3) is 0.100. The number of ether oxygens (including phenoxy) is 1. The third kappa shape index (κ3) is 1.42. The molecule has 0 atom stereocenters. The maximum absolute atomic E-state index is 9.56. The Hall–Kier alpha value is -1.29. The van der Waals surface area contributed by atoms with E-state index in [9.17, 15) is 5.11 Å². The van der Waals surface area contributed by atoms with E-state index in [2.05, 4.69) is 20.9 Å². The quantitative estimate of drug-likeness (QED) is 0.850. The molecule has 0 aliphatic heterocycles. The molecule has 1 aromatic heterocycles. The van der Waals surface area contributed by atoms with E-state index in [1.807, 2.05) is 0 Å². The van der Waals surface area contributed by atoms with Crippen molar-refractivity contribution in [1.29, 1.82) is 0 Å². The molecule has 1 aromatic carbocycles. The van der Waals surface area contributed by atoms with Crippen LogP contribution in [0.3, 0.4) is 0 Å². The number of hydrogen-bond acceptors (Lipinski definition) is 3. The topological polar surface area (TPSA) is 42.4 Å². The minimum Gasteiger partial charge on any atom is -0.507 e. The second kappa shape index (κ2) is 3.46.